The molecule has 0 aromatic rings. The Labute approximate surface area is 78.7 Å². The number of carboxylic acid groups (broad SMARTS) is 1. The molecule has 78 valence electrons. The summed E-state index contributed by atoms with van der Waals surface area (Å²) in [6.07, 6.45) is 1.45. The lowest BCUT2D eigenvalue weighted by Crippen LogP contribution is -2.24. The van der Waals surface area contributed by atoms with Crippen LogP contribution in [-0.4, -0.2) is 28.3 Å². The van der Waals surface area contributed by atoms with E-state index < -0.39 is 17.5 Å². The van der Waals surface area contributed by atoms with Crippen molar-refractivity contribution in [1.29, 1.82) is 0 Å². The van der Waals surface area contributed by atoms with Crippen molar-refractivity contribution < 1.29 is 15.0 Å². The van der Waals surface area contributed by atoms with E-state index in [2.05, 4.69) is 0 Å². The Morgan fingerprint density at radius 2 is 2.00 bits per heavy atom. The zero-order chi connectivity index (χ0) is 10.5. The first-order valence-corrected chi connectivity index (χ1v) is 4.52. The monoisotopic (exact) mass is 189 g/mol. The quantitative estimate of drug-likeness (QED) is 0.571. The van der Waals surface area contributed by atoms with Crippen LogP contribution in [0.5, 0.6) is 0 Å². The Hall–Kier alpha value is -0.610. The molecular weight excluding hydrogens is 170 g/mol. The predicted molar refractivity (Wildman–Crippen MR) is 50.3 cm³/mol. The molecule has 13 heavy (non-hydrogen) atoms. The van der Waals surface area contributed by atoms with Gasteiger partial charge in [-0.2, -0.15) is 0 Å². The first-order valence-electron chi connectivity index (χ1n) is 4.52. The largest absolute Gasteiger partial charge is 0.481 e. The number of aliphatic carboxylic acids is 1. The molecule has 0 heterocycles. The molecule has 0 radical (unpaired) electrons. The van der Waals surface area contributed by atoms with Gasteiger partial charge >= 0.3 is 5.97 Å². The average molecular weight is 189 g/mol. The van der Waals surface area contributed by atoms with E-state index >= 15 is 0 Å². The molecule has 0 aliphatic carbocycles. The fourth-order valence-electron chi connectivity index (χ4n) is 1.12. The minimum atomic E-state index is -0.824. The summed E-state index contributed by atoms with van der Waals surface area (Å²) in [6, 6.07) is 0. The molecule has 0 rings (SSSR count). The molecule has 0 bridgehead atoms. The summed E-state index contributed by atoms with van der Waals surface area (Å²) < 4.78 is 0. The Bertz CT molecular complexity index is 163. The van der Waals surface area contributed by atoms with Crippen molar-refractivity contribution in [2.45, 2.75) is 38.7 Å². The Balaban J connectivity index is 3.90. The summed E-state index contributed by atoms with van der Waals surface area (Å²) >= 11 is 0. The molecular formula is C9H19NO3. The molecule has 1 atom stereocenters. The molecule has 4 N–H and O–H groups in total. The van der Waals surface area contributed by atoms with E-state index in [0.29, 0.717) is 25.8 Å². The zero-order valence-corrected chi connectivity index (χ0v) is 8.29. The summed E-state index contributed by atoms with van der Waals surface area (Å²) in [5, 5.41) is 18.2. The molecule has 0 aromatic carbocycles. The van der Waals surface area contributed by atoms with Gasteiger partial charge in [0.1, 0.15) is 0 Å². The summed E-state index contributed by atoms with van der Waals surface area (Å²) in [5.41, 5.74) is 4.49. The van der Waals surface area contributed by atoms with Crippen molar-refractivity contribution in [3.05, 3.63) is 0 Å². The third-order valence-corrected chi connectivity index (χ3v) is 1.97. The van der Waals surface area contributed by atoms with E-state index in [4.69, 9.17) is 10.8 Å². The maximum absolute atomic E-state index is 10.7. The lowest BCUT2D eigenvalue weighted by Gasteiger charge is -2.19. The van der Waals surface area contributed by atoms with Gasteiger partial charge in [0.15, 0.2) is 0 Å². The highest BCUT2D eigenvalue weighted by atomic mass is 16.4. The molecule has 0 aliphatic rings. The molecule has 4 nitrogen and oxygen atoms in total. The van der Waals surface area contributed by atoms with E-state index in [9.17, 15) is 9.90 Å². The van der Waals surface area contributed by atoms with Crippen LogP contribution in [0.1, 0.15) is 33.1 Å². The molecule has 0 saturated carbocycles. The second kappa shape index (κ2) is 5.19. The smallest absolute Gasteiger partial charge is 0.306 e. The zero-order valence-electron chi connectivity index (χ0n) is 8.29. The second-order valence-corrected chi connectivity index (χ2v) is 3.96. The van der Waals surface area contributed by atoms with Gasteiger partial charge in [0.25, 0.3) is 0 Å². The lowest BCUT2D eigenvalue weighted by atomic mass is 9.93. The van der Waals surface area contributed by atoms with E-state index in [0.717, 1.165) is 0 Å². The van der Waals surface area contributed by atoms with Crippen molar-refractivity contribution in [3.63, 3.8) is 0 Å². The summed E-state index contributed by atoms with van der Waals surface area (Å²) in [5.74, 6) is -1.24. The highest BCUT2D eigenvalue weighted by Crippen LogP contribution is 2.18. The molecule has 0 fully saturated rings. The number of carboxylic acids is 1. The van der Waals surface area contributed by atoms with E-state index in [1.807, 2.05) is 0 Å². The van der Waals surface area contributed by atoms with Crippen molar-refractivity contribution in [2.24, 2.45) is 11.7 Å². The SMILES string of the molecule is CC(C)(O)CCC(CCN)C(=O)O. The van der Waals surface area contributed by atoms with Crippen molar-refractivity contribution in [1.82, 2.24) is 0 Å². The number of carbonyl (C=O) groups is 1. The van der Waals surface area contributed by atoms with Gasteiger partial charge in [0.2, 0.25) is 0 Å². The van der Waals surface area contributed by atoms with Crippen molar-refractivity contribution in [2.75, 3.05) is 6.54 Å². The maximum Gasteiger partial charge on any atom is 0.306 e. The first kappa shape index (κ1) is 12.4. The van der Waals surface area contributed by atoms with Crippen LogP contribution in [0.15, 0.2) is 0 Å². The van der Waals surface area contributed by atoms with E-state index in [-0.39, 0.29) is 0 Å². The minimum absolute atomic E-state index is 0.378. The highest BCUT2D eigenvalue weighted by molar-refractivity contribution is 5.69. The summed E-state index contributed by atoms with van der Waals surface area (Å²) in [7, 11) is 0. The van der Waals surface area contributed by atoms with Gasteiger partial charge in [-0.1, -0.05) is 0 Å². The number of nitrogens with two attached hydrogens (primary N) is 1. The van der Waals surface area contributed by atoms with Crippen LogP contribution in [0, 0.1) is 5.92 Å². The normalized spacial score (nSPS) is 14.2. The molecule has 1 unspecified atom stereocenters. The second-order valence-electron chi connectivity index (χ2n) is 3.96. The molecule has 0 aromatic heterocycles. The molecule has 0 amide bonds. The van der Waals surface area contributed by atoms with Gasteiger partial charge in [-0.3, -0.25) is 4.79 Å². The van der Waals surface area contributed by atoms with Crippen LogP contribution < -0.4 is 5.73 Å². The van der Waals surface area contributed by atoms with Crippen LogP contribution in [0.25, 0.3) is 0 Å². The van der Waals surface area contributed by atoms with Crippen molar-refractivity contribution in [3.8, 4) is 0 Å². The number of hydrogen-bond acceptors (Lipinski definition) is 3. The molecule has 0 spiro atoms. The van der Waals surface area contributed by atoms with E-state index in [1.165, 1.54) is 0 Å². The first-order chi connectivity index (χ1) is 5.87. The van der Waals surface area contributed by atoms with Crippen LogP contribution in [0.2, 0.25) is 0 Å². The standard InChI is InChI=1S/C9H19NO3/c1-9(2,13)5-3-7(4-6-10)8(11)12/h7,13H,3-6,10H2,1-2H3,(H,11,12). The van der Waals surface area contributed by atoms with Crippen LogP contribution >= 0.6 is 0 Å². The fraction of sp³-hybridized carbons (Fsp3) is 0.889. The van der Waals surface area contributed by atoms with Gasteiger partial charge in [0.05, 0.1) is 11.5 Å². The van der Waals surface area contributed by atoms with Gasteiger partial charge in [0, 0.05) is 0 Å². The number of aliphatic hydroxyl groups is 1. The van der Waals surface area contributed by atoms with Crippen LogP contribution in [-0.2, 0) is 4.79 Å². The van der Waals surface area contributed by atoms with Crippen molar-refractivity contribution >= 4 is 5.97 Å². The predicted octanol–water partition coefficient (Wildman–Crippen LogP) is 0.587. The highest BCUT2D eigenvalue weighted by Gasteiger charge is 2.20. The van der Waals surface area contributed by atoms with Gasteiger partial charge in [-0.15, -0.1) is 0 Å². The van der Waals surface area contributed by atoms with E-state index in [1.54, 1.807) is 13.8 Å². The molecule has 0 aliphatic heterocycles. The third kappa shape index (κ3) is 6.54. The third-order valence-electron chi connectivity index (χ3n) is 1.97. The fourth-order valence-corrected chi connectivity index (χ4v) is 1.12. The average Bonchev–Trinajstić information content (AvgIpc) is 1.95. The summed E-state index contributed by atoms with van der Waals surface area (Å²) in [6.45, 7) is 3.73. The van der Waals surface area contributed by atoms with Gasteiger partial charge < -0.3 is 15.9 Å². The molecule has 4 heteroatoms. The number of rotatable bonds is 6. The van der Waals surface area contributed by atoms with Crippen LogP contribution in [0.3, 0.4) is 0 Å². The van der Waals surface area contributed by atoms with Crippen LogP contribution in [0.4, 0.5) is 0 Å². The Morgan fingerprint density at radius 3 is 2.31 bits per heavy atom. The van der Waals surface area contributed by atoms with Gasteiger partial charge in [-0.05, 0) is 39.7 Å². The Kier molecular flexibility index (Phi) is 4.95. The maximum atomic E-state index is 10.7. The van der Waals surface area contributed by atoms with Gasteiger partial charge in [-0.25, -0.2) is 0 Å². The lowest BCUT2D eigenvalue weighted by molar-refractivity contribution is -0.142. The topological polar surface area (TPSA) is 83.5 Å². The molecule has 0 saturated heterocycles. The number of hydrogen-bond donors (Lipinski definition) is 3. The minimum Gasteiger partial charge on any atom is -0.481 e. The summed E-state index contributed by atoms with van der Waals surface area (Å²) in [4.78, 5) is 10.7. The Morgan fingerprint density at radius 1 is 1.46 bits per heavy atom.